The van der Waals surface area contributed by atoms with Gasteiger partial charge in [0.05, 0.1) is 19.6 Å². The van der Waals surface area contributed by atoms with Crippen molar-refractivity contribution in [3.05, 3.63) is 171 Å². The van der Waals surface area contributed by atoms with Gasteiger partial charge in [-0.3, -0.25) is 27.9 Å². The number of aliphatic carboxylic acids is 1. The number of piperazine rings is 1. The van der Waals surface area contributed by atoms with Crippen LogP contribution < -0.4 is 11.1 Å². The molecule has 5 fully saturated rings. The summed E-state index contributed by atoms with van der Waals surface area (Å²) in [5, 5.41) is 12.5. The maximum Gasteiger partial charge on any atom is 0.307 e. The Balaban J connectivity index is 0.000000465. The number of ketones is 1. The molecule has 12 rings (SSSR count). The highest BCUT2D eigenvalue weighted by atomic mass is 32.2. The van der Waals surface area contributed by atoms with E-state index in [0.717, 1.165) is 117 Å². The van der Waals surface area contributed by atoms with Crippen LogP contribution in [0.2, 0.25) is 0 Å². The number of hydrogen-bond acceptors (Lipinski definition) is 15. The van der Waals surface area contributed by atoms with Gasteiger partial charge < -0.3 is 50.3 Å². The van der Waals surface area contributed by atoms with Crippen LogP contribution in [0.1, 0.15) is 238 Å². The summed E-state index contributed by atoms with van der Waals surface area (Å²) in [6.45, 7) is 49.3. The summed E-state index contributed by atoms with van der Waals surface area (Å²) in [4.78, 5) is 45.2. The number of morpholine rings is 1. The number of nitrogens with two attached hydrogens (primary N) is 1. The lowest BCUT2D eigenvalue weighted by molar-refractivity contribution is -0.135. The molecular formula is C98H160F2N10O6S2. The van der Waals surface area contributed by atoms with Crippen molar-refractivity contribution in [1.82, 2.24) is 44.6 Å². The highest BCUT2D eigenvalue weighted by Crippen LogP contribution is 2.45. The molecule has 20 heteroatoms. The minimum absolute atomic E-state index is 0.0561. The van der Waals surface area contributed by atoms with E-state index in [2.05, 4.69) is 148 Å². The number of carboxylic acids is 1. The number of hydrogen-bond donors (Lipinski definition) is 3. The number of nitrogens with one attached hydrogen (secondary N) is 1. The van der Waals surface area contributed by atoms with Gasteiger partial charge in [0.2, 0.25) is 0 Å². The molecule has 5 aromatic rings. The third-order valence-electron chi connectivity index (χ3n) is 20.9. The number of nitrogens with zero attached hydrogens (tertiary/aromatic N) is 8. The first-order valence-electron chi connectivity index (χ1n) is 44.5. The average Bonchev–Trinajstić information content (AvgIpc) is 1.63. The topological polar surface area (TPSA) is 171 Å². The second-order valence-electron chi connectivity index (χ2n) is 31.9. The third kappa shape index (κ3) is 45.7. The van der Waals surface area contributed by atoms with E-state index in [-0.39, 0.29) is 23.8 Å². The number of Topliss-reactive ketones (excluding diaryl/α,β-unsaturated/α-hetero) is 1. The number of fused-ring (bicyclic) bond motifs is 2. The van der Waals surface area contributed by atoms with E-state index >= 15 is 0 Å². The molecule has 3 unspecified atom stereocenters. The van der Waals surface area contributed by atoms with Crippen LogP contribution in [0.4, 0.5) is 8.78 Å². The van der Waals surface area contributed by atoms with Crippen LogP contribution in [-0.4, -0.2) is 249 Å². The van der Waals surface area contributed by atoms with Gasteiger partial charge in [-0.25, -0.2) is 8.78 Å². The molecule has 16 nitrogen and oxygen atoms in total. The number of allylic oxidation sites excluding steroid dienone is 5. The Kier molecular flexibility index (Phi) is 60.0. The lowest BCUT2D eigenvalue weighted by Gasteiger charge is -2.26. The summed E-state index contributed by atoms with van der Waals surface area (Å²) < 4.78 is 55.6. The van der Waals surface area contributed by atoms with Crippen molar-refractivity contribution in [3.63, 3.8) is 0 Å². The lowest BCUT2D eigenvalue weighted by Crippen LogP contribution is -2.43. The van der Waals surface area contributed by atoms with E-state index in [4.69, 9.17) is 15.6 Å². The number of pyridine rings is 1. The number of likely N-dealkylation sites (tertiary alicyclic amines) is 3. The van der Waals surface area contributed by atoms with Crippen LogP contribution >= 0.6 is 0 Å². The number of carbonyl (C=O) groups excluding carboxylic acids is 1. The molecule has 7 aliphatic rings. The van der Waals surface area contributed by atoms with Crippen LogP contribution in [0.3, 0.4) is 0 Å². The number of carbonyl (C=O) groups is 2. The van der Waals surface area contributed by atoms with Crippen LogP contribution in [0, 0.1) is 11.6 Å². The van der Waals surface area contributed by atoms with E-state index < -0.39 is 27.6 Å². The number of aryl methyl sites for hydroxylation is 1. The predicted molar refractivity (Wildman–Crippen MR) is 504 cm³/mol. The first-order chi connectivity index (χ1) is 56.7. The Bertz CT molecular complexity index is 3460. The van der Waals surface area contributed by atoms with Crippen molar-refractivity contribution in [2.45, 2.75) is 221 Å². The van der Waals surface area contributed by atoms with Gasteiger partial charge in [0.15, 0.2) is 0 Å². The minimum atomic E-state index is -1.04. The monoisotopic (exact) mass is 1680 g/mol. The second-order valence-corrected chi connectivity index (χ2v) is 34.6. The van der Waals surface area contributed by atoms with E-state index in [1.165, 1.54) is 224 Å². The molecule has 0 bridgehead atoms. The van der Waals surface area contributed by atoms with E-state index in [1.807, 2.05) is 74.7 Å². The van der Waals surface area contributed by atoms with Crippen LogP contribution in [0.15, 0.2) is 130 Å². The SMILES string of the molecule is CC(=O)CC1=C(C)/C(=C/c2ccc(S(C)=O)cc2)c2ccc(F)cc21.CC1=C(CC(=O)O)c2cc(F)ccc2/C1=C\c1ccc(S(C)=O)cc1.CCC1CCCN1C.CCCN.CCCN(C)C.CCCN(C)C.CCCN1CCCC1.CCCN1CCCCC1.CCCN1CCNCC1.CCCN1CCOCC1.CCCc1cccnc1. The molecule has 5 saturated heterocycles. The van der Waals surface area contributed by atoms with Gasteiger partial charge in [0, 0.05) is 108 Å². The van der Waals surface area contributed by atoms with Crippen LogP contribution in [0.5, 0.6) is 0 Å². The maximum atomic E-state index is 13.7. The highest BCUT2D eigenvalue weighted by molar-refractivity contribution is 7.84. The predicted octanol–water partition coefficient (Wildman–Crippen LogP) is 19.4. The first-order valence-corrected chi connectivity index (χ1v) is 47.6. The summed E-state index contributed by atoms with van der Waals surface area (Å²) in [5.41, 5.74) is 16.7. The van der Waals surface area contributed by atoms with E-state index in [1.54, 1.807) is 49.9 Å². The molecule has 4 N–H and O–H groups in total. The molecule has 2 aliphatic carbocycles. The largest absolute Gasteiger partial charge is 0.481 e. The standard InChI is InChI=1S/C21H19FO2S.C20H17FO3S.C8H17N.C8H11N.C7H16N2.C7H15NO.2C7H15N.2C5H13N.C3H9N/c1-13(23)10-19-14(2)20(18-9-6-16(22)12-21(18)19)11-15-4-7-17(8-5-15)25(3)24;1-12-17(9-13-3-6-15(7-4-13)25(2)24)16-8-5-14(21)10-19(16)18(12)11-20(22)23;1-2-6-9-7-4-3-5-8-9;1-2-4-8-5-3-6-9-7-8;1-2-5-9-6-3-8-4-7-9;1-2-3-8-4-6-9-7-5-8;1-3-7-5-4-6-8(7)2;1-2-5-8-6-3-4-7-8;2*1-4-5-6(2)3;1-2-3-4/h4-9,11-12H,10H2,1-3H3;3-10H,11H2,1-2H3,(H,22,23);2-8H2,1H3;3,5-7H,2,4H2,1H3;8H,2-7H2,1H3;2-7H2,1H3;7H,3-6H2,1-2H3;2-7H2,1H3;2*4-5H2,1-3H3;2-4H2,1H3/b20-11-;17-9-;;;;;;;;;. The number of ether oxygens (including phenoxy) is 1. The van der Waals surface area contributed by atoms with Gasteiger partial charge >= 0.3 is 5.97 Å². The normalized spacial score (nSPS) is 17.6. The zero-order valence-electron chi connectivity index (χ0n) is 76.9. The van der Waals surface area contributed by atoms with Crippen molar-refractivity contribution >= 4 is 67.8 Å². The molecule has 0 spiro atoms. The van der Waals surface area contributed by atoms with Crippen molar-refractivity contribution < 1.29 is 36.6 Å². The van der Waals surface area contributed by atoms with Crippen molar-refractivity contribution in [3.8, 4) is 0 Å². The average molecular weight is 1680 g/mol. The van der Waals surface area contributed by atoms with Gasteiger partial charge in [0.1, 0.15) is 17.4 Å². The molecule has 0 saturated carbocycles. The highest BCUT2D eigenvalue weighted by Gasteiger charge is 2.27. The van der Waals surface area contributed by atoms with Crippen molar-refractivity contribution in [2.24, 2.45) is 5.73 Å². The molecular weight excluding hydrogens is 1520 g/mol. The van der Waals surface area contributed by atoms with E-state index in [0.29, 0.717) is 17.6 Å². The zero-order valence-corrected chi connectivity index (χ0v) is 78.6. The quantitative estimate of drug-likeness (QED) is 0.0532. The summed E-state index contributed by atoms with van der Waals surface area (Å²) in [5.74, 6) is -1.57. The zero-order chi connectivity index (χ0) is 87.6. The Labute approximate surface area is 721 Å². The summed E-state index contributed by atoms with van der Waals surface area (Å²) in [7, 11) is 8.53. The molecule has 4 aromatic carbocycles. The summed E-state index contributed by atoms with van der Waals surface area (Å²) in [6.07, 6.45) is 33.6. The fraction of sp³-hybridized carbons (Fsp3) is 0.602. The van der Waals surface area contributed by atoms with E-state index in [9.17, 15) is 26.8 Å². The smallest absolute Gasteiger partial charge is 0.307 e. The number of benzene rings is 4. The number of carboxylic acid groups (broad SMARTS) is 1. The Morgan fingerprint density at radius 2 is 0.966 bits per heavy atom. The summed E-state index contributed by atoms with van der Waals surface area (Å²) in [6, 6.07) is 29.0. The van der Waals surface area contributed by atoms with Crippen molar-refractivity contribution in [1.29, 1.82) is 0 Å². The number of halogens is 2. The summed E-state index contributed by atoms with van der Waals surface area (Å²) >= 11 is 0. The molecule has 5 aliphatic heterocycles. The molecule has 1 aromatic heterocycles. The molecule has 0 amide bonds. The third-order valence-corrected chi connectivity index (χ3v) is 22.7. The van der Waals surface area contributed by atoms with Gasteiger partial charge in [-0.05, 0) is 370 Å². The first kappa shape index (κ1) is 108. The second kappa shape index (κ2) is 65.6. The molecule has 6 heterocycles. The molecule has 3 atom stereocenters. The molecule has 0 radical (unpaired) electrons. The fourth-order valence-corrected chi connectivity index (χ4v) is 15.7. The maximum absolute atomic E-state index is 13.7. The van der Waals surface area contributed by atoms with Gasteiger partial charge in [-0.2, -0.15) is 0 Å². The Morgan fingerprint density at radius 1 is 0.551 bits per heavy atom. The minimum Gasteiger partial charge on any atom is -0.481 e. The molecule has 118 heavy (non-hydrogen) atoms. The fourth-order valence-electron chi connectivity index (χ4n) is 14.6. The lowest BCUT2D eigenvalue weighted by atomic mass is 10.0. The van der Waals surface area contributed by atoms with Gasteiger partial charge in [0.25, 0.3) is 0 Å². The van der Waals surface area contributed by atoms with Crippen LogP contribution in [-0.2, 0) is 42.3 Å². The van der Waals surface area contributed by atoms with Gasteiger partial charge in [-0.1, -0.05) is 118 Å². The number of aromatic nitrogens is 1. The number of piperidine rings is 1. The van der Waals surface area contributed by atoms with Crippen molar-refractivity contribution in [2.75, 3.05) is 179 Å². The Hall–Kier alpha value is -6.11. The van der Waals surface area contributed by atoms with Crippen LogP contribution in [0.25, 0.3) is 34.4 Å². The number of rotatable bonds is 24. The molecule has 664 valence electrons. The Morgan fingerprint density at radius 3 is 1.29 bits per heavy atom. The van der Waals surface area contributed by atoms with Gasteiger partial charge in [-0.15, -0.1) is 0 Å².